The molecule has 2 N–H and O–H groups in total. The normalized spacial score (nSPS) is 18.1. The number of rotatable bonds is 7. The second-order valence-corrected chi connectivity index (χ2v) is 7.19. The van der Waals surface area contributed by atoms with Crippen LogP contribution in [0.4, 0.5) is 0 Å². The Morgan fingerprint density at radius 2 is 2.24 bits per heavy atom. The fourth-order valence-electron chi connectivity index (χ4n) is 3.71. The molecule has 3 rings (SSSR count). The molecule has 1 atom stereocenters. The number of aromatic nitrogens is 1. The molecule has 0 aliphatic carbocycles. The molecule has 1 amide bonds. The summed E-state index contributed by atoms with van der Waals surface area (Å²) in [7, 11) is 1.75. The first-order chi connectivity index (χ1) is 12.1. The smallest absolute Gasteiger partial charge is 0.268 e. The van der Waals surface area contributed by atoms with Crippen LogP contribution in [-0.4, -0.2) is 55.7 Å². The molecule has 1 aromatic heterocycles. The van der Waals surface area contributed by atoms with Gasteiger partial charge in [0.25, 0.3) is 5.91 Å². The topological polar surface area (TPSA) is 57.4 Å². The predicted molar refractivity (Wildman–Crippen MR) is 101 cm³/mol. The largest absolute Gasteiger partial charge is 0.385 e. The summed E-state index contributed by atoms with van der Waals surface area (Å²) in [4.78, 5) is 18.3. The van der Waals surface area contributed by atoms with Crippen molar-refractivity contribution in [2.45, 2.75) is 26.7 Å². The third kappa shape index (κ3) is 4.22. The predicted octanol–water partition coefficient (Wildman–Crippen LogP) is 2.87. The average Bonchev–Trinajstić information content (AvgIpc) is 3.18. The summed E-state index contributed by atoms with van der Waals surface area (Å²) in [6.07, 6.45) is 2.22. The molecule has 2 heterocycles. The summed E-state index contributed by atoms with van der Waals surface area (Å²) in [5, 5.41) is 4.26. The molecule has 5 heteroatoms. The van der Waals surface area contributed by atoms with Crippen molar-refractivity contribution in [1.29, 1.82) is 0 Å². The number of fused-ring (bicyclic) bond motifs is 1. The summed E-state index contributed by atoms with van der Waals surface area (Å²) in [5.74, 6) is 0.544. The lowest BCUT2D eigenvalue weighted by Gasteiger charge is -2.16. The third-order valence-corrected chi connectivity index (χ3v) is 5.18. The van der Waals surface area contributed by atoms with E-state index in [1.54, 1.807) is 7.11 Å². The molecule has 0 radical (unpaired) electrons. The lowest BCUT2D eigenvalue weighted by atomic mass is 10.1. The molecule has 2 aromatic rings. The van der Waals surface area contributed by atoms with E-state index in [9.17, 15) is 4.79 Å². The number of amides is 1. The van der Waals surface area contributed by atoms with E-state index in [-0.39, 0.29) is 5.91 Å². The zero-order valence-corrected chi connectivity index (χ0v) is 15.5. The first-order valence-electron chi connectivity index (χ1n) is 9.17. The van der Waals surface area contributed by atoms with E-state index >= 15 is 0 Å². The van der Waals surface area contributed by atoms with Crippen LogP contribution in [0.2, 0.25) is 0 Å². The van der Waals surface area contributed by atoms with Crippen molar-refractivity contribution in [2.24, 2.45) is 5.92 Å². The van der Waals surface area contributed by atoms with Crippen LogP contribution in [0.15, 0.2) is 18.2 Å². The number of aromatic amines is 1. The SMILES string of the molecule is COCCCN1CC[C@H](CNC(=O)c2[nH]c3ccc(C)cc3c2C)C1. The van der Waals surface area contributed by atoms with Gasteiger partial charge in [0.15, 0.2) is 0 Å². The third-order valence-electron chi connectivity index (χ3n) is 5.18. The van der Waals surface area contributed by atoms with E-state index < -0.39 is 0 Å². The highest BCUT2D eigenvalue weighted by atomic mass is 16.5. The molecule has 0 bridgehead atoms. The maximum atomic E-state index is 12.6. The molecule has 1 aliphatic rings. The molecular weight excluding hydrogens is 314 g/mol. The van der Waals surface area contributed by atoms with Crippen LogP contribution >= 0.6 is 0 Å². The Kier molecular flexibility index (Phi) is 5.76. The van der Waals surface area contributed by atoms with Crippen LogP contribution in [0.5, 0.6) is 0 Å². The van der Waals surface area contributed by atoms with Crippen molar-refractivity contribution >= 4 is 16.8 Å². The van der Waals surface area contributed by atoms with E-state index in [1.807, 2.05) is 13.0 Å². The number of H-pyrrole nitrogens is 1. The number of hydrogen-bond donors (Lipinski definition) is 2. The monoisotopic (exact) mass is 343 g/mol. The van der Waals surface area contributed by atoms with Crippen LogP contribution in [0.3, 0.4) is 0 Å². The molecule has 25 heavy (non-hydrogen) atoms. The van der Waals surface area contributed by atoms with Crippen molar-refractivity contribution in [3.63, 3.8) is 0 Å². The van der Waals surface area contributed by atoms with Crippen LogP contribution in [0, 0.1) is 19.8 Å². The number of carbonyl (C=O) groups excluding carboxylic acids is 1. The van der Waals surface area contributed by atoms with Crippen molar-refractivity contribution in [3.8, 4) is 0 Å². The zero-order valence-electron chi connectivity index (χ0n) is 15.5. The number of likely N-dealkylation sites (tertiary alicyclic amines) is 1. The van der Waals surface area contributed by atoms with Crippen LogP contribution in [0.25, 0.3) is 10.9 Å². The van der Waals surface area contributed by atoms with Gasteiger partial charge >= 0.3 is 0 Å². The Morgan fingerprint density at radius 1 is 1.40 bits per heavy atom. The van der Waals surface area contributed by atoms with Crippen molar-refractivity contribution in [2.75, 3.05) is 39.9 Å². The number of hydrogen-bond acceptors (Lipinski definition) is 3. The Bertz CT molecular complexity index is 738. The first-order valence-corrected chi connectivity index (χ1v) is 9.17. The van der Waals surface area contributed by atoms with Gasteiger partial charge in [-0.1, -0.05) is 11.6 Å². The maximum absolute atomic E-state index is 12.6. The minimum atomic E-state index is 0.00388. The van der Waals surface area contributed by atoms with Crippen molar-refractivity contribution < 1.29 is 9.53 Å². The summed E-state index contributed by atoms with van der Waals surface area (Å²) in [5.41, 5.74) is 3.96. The highest BCUT2D eigenvalue weighted by molar-refractivity contribution is 6.01. The number of nitrogens with zero attached hydrogens (tertiary/aromatic N) is 1. The molecule has 1 aromatic carbocycles. The van der Waals surface area contributed by atoms with Crippen molar-refractivity contribution in [1.82, 2.24) is 15.2 Å². The van der Waals surface area contributed by atoms with Gasteiger partial charge in [-0.15, -0.1) is 0 Å². The van der Waals surface area contributed by atoms with Gasteiger partial charge in [0.2, 0.25) is 0 Å². The highest BCUT2D eigenvalue weighted by Gasteiger charge is 2.23. The van der Waals surface area contributed by atoms with Crippen LogP contribution in [-0.2, 0) is 4.74 Å². The maximum Gasteiger partial charge on any atom is 0.268 e. The van der Waals surface area contributed by atoms with Gasteiger partial charge in [-0.2, -0.15) is 0 Å². The van der Waals surface area contributed by atoms with Crippen LogP contribution in [0.1, 0.15) is 34.5 Å². The Balaban J connectivity index is 1.54. The van der Waals surface area contributed by atoms with Gasteiger partial charge in [-0.3, -0.25) is 4.79 Å². The first kappa shape index (κ1) is 18.0. The van der Waals surface area contributed by atoms with Crippen molar-refractivity contribution in [3.05, 3.63) is 35.0 Å². The van der Waals surface area contributed by atoms with Gasteiger partial charge in [-0.05, 0) is 56.8 Å². The summed E-state index contributed by atoms with van der Waals surface area (Å²) < 4.78 is 5.11. The molecule has 0 spiro atoms. The van der Waals surface area contributed by atoms with E-state index in [1.165, 1.54) is 5.56 Å². The van der Waals surface area contributed by atoms with Gasteiger partial charge in [-0.25, -0.2) is 0 Å². The fourth-order valence-corrected chi connectivity index (χ4v) is 3.71. The number of nitrogens with one attached hydrogen (secondary N) is 2. The number of methoxy groups -OCH3 is 1. The summed E-state index contributed by atoms with van der Waals surface area (Å²) >= 11 is 0. The Hall–Kier alpha value is -1.85. The zero-order chi connectivity index (χ0) is 17.8. The quantitative estimate of drug-likeness (QED) is 0.760. The second kappa shape index (κ2) is 8.02. The van der Waals surface area contributed by atoms with Crippen LogP contribution < -0.4 is 5.32 Å². The lowest BCUT2D eigenvalue weighted by Crippen LogP contribution is -2.31. The fraction of sp³-hybridized carbons (Fsp3) is 0.550. The van der Waals surface area contributed by atoms with E-state index in [0.29, 0.717) is 11.6 Å². The molecular formula is C20H29N3O2. The average molecular weight is 343 g/mol. The summed E-state index contributed by atoms with van der Waals surface area (Å²) in [6, 6.07) is 6.24. The minimum Gasteiger partial charge on any atom is -0.385 e. The molecule has 136 valence electrons. The highest BCUT2D eigenvalue weighted by Crippen LogP contribution is 2.23. The molecule has 1 saturated heterocycles. The van der Waals surface area contributed by atoms with Gasteiger partial charge in [0.05, 0.1) is 0 Å². The number of benzene rings is 1. The van der Waals surface area contributed by atoms with Gasteiger partial charge < -0.3 is 19.9 Å². The molecule has 1 aliphatic heterocycles. The number of carbonyl (C=O) groups is 1. The van der Waals surface area contributed by atoms with E-state index in [0.717, 1.165) is 62.1 Å². The summed E-state index contributed by atoms with van der Waals surface area (Å²) in [6.45, 7) is 8.91. The Morgan fingerprint density at radius 3 is 3.04 bits per heavy atom. The number of ether oxygens (including phenoxy) is 1. The van der Waals surface area contributed by atoms with E-state index in [2.05, 4.69) is 34.3 Å². The second-order valence-electron chi connectivity index (χ2n) is 7.19. The standard InChI is InChI=1S/C20H29N3O2/c1-14-5-6-18-17(11-14)15(2)19(22-18)20(24)21-12-16-7-9-23(13-16)8-4-10-25-3/h5-6,11,16,22H,4,7-10,12-13H2,1-3H3,(H,21,24)/t16-/m1/s1. The minimum absolute atomic E-state index is 0.00388. The molecule has 5 nitrogen and oxygen atoms in total. The molecule has 1 fully saturated rings. The Labute approximate surface area is 149 Å². The van der Waals surface area contributed by atoms with Gasteiger partial charge in [0, 0.05) is 44.3 Å². The molecule has 0 saturated carbocycles. The lowest BCUT2D eigenvalue weighted by molar-refractivity contribution is 0.0942. The van der Waals surface area contributed by atoms with E-state index in [4.69, 9.17) is 4.74 Å². The molecule has 0 unspecified atom stereocenters. The van der Waals surface area contributed by atoms with Gasteiger partial charge in [0.1, 0.15) is 5.69 Å². The number of aryl methyl sites for hydroxylation is 2.